The maximum absolute atomic E-state index is 13.4. The molecule has 4 aromatic rings. The number of nitrogens with zero attached hydrogens (tertiary/aromatic N) is 2. The van der Waals surface area contributed by atoms with E-state index < -0.39 is 15.4 Å². The predicted octanol–water partition coefficient (Wildman–Crippen LogP) is 6.81. The molecule has 3 heterocycles. The van der Waals surface area contributed by atoms with Gasteiger partial charge in [0.2, 0.25) is 10.0 Å². The zero-order chi connectivity index (χ0) is 34.2. The molecule has 0 radical (unpaired) electrons. The highest BCUT2D eigenvalue weighted by atomic mass is 35.5. The van der Waals surface area contributed by atoms with Crippen molar-refractivity contribution in [3.8, 4) is 5.75 Å². The molecular weight excluding hydrogens is 668 g/mol. The number of anilines is 2. The summed E-state index contributed by atoms with van der Waals surface area (Å²) in [6.07, 6.45) is 1.14. The number of benzene rings is 3. The van der Waals surface area contributed by atoms with Gasteiger partial charge in [-0.3, -0.25) is 19.3 Å². The van der Waals surface area contributed by atoms with Gasteiger partial charge in [-0.05, 0) is 90.5 Å². The fourth-order valence-corrected chi connectivity index (χ4v) is 7.98. The highest BCUT2D eigenvalue weighted by Gasteiger charge is 2.30. The molecule has 0 atom stereocenters. The molecule has 0 aliphatic carbocycles. The number of fused-ring (bicyclic) bond motifs is 1. The summed E-state index contributed by atoms with van der Waals surface area (Å²) in [7, 11) is -3.41. The number of carbonyl (C=O) groups excluding carboxylic acids is 1. The van der Waals surface area contributed by atoms with E-state index in [4.69, 9.17) is 21.1 Å². The Bertz CT molecular complexity index is 1910. The van der Waals surface area contributed by atoms with Crippen molar-refractivity contribution >= 4 is 60.3 Å². The zero-order valence-corrected chi connectivity index (χ0v) is 30.4. The summed E-state index contributed by atoms with van der Waals surface area (Å²) < 4.78 is 38.3. The van der Waals surface area contributed by atoms with E-state index in [1.165, 1.54) is 16.9 Å². The molecule has 0 unspecified atom stereocenters. The van der Waals surface area contributed by atoms with Crippen LogP contribution in [0.1, 0.15) is 54.1 Å². The van der Waals surface area contributed by atoms with Crippen molar-refractivity contribution < 1.29 is 22.7 Å². The van der Waals surface area contributed by atoms with Gasteiger partial charge in [0.1, 0.15) is 5.75 Å². The number of piperazine rings is 1. The topological polar surface area (TPSA) is 100 Å². The summed E-state index contributed by atoms with van der Waals surface area (Å²) in [4.78, 5) is 19.0. The van der Waals surface area contributed by atoms with Gasteiger partial charge in [-0.1, -0.05) is 31.5 Å². The summed E-state index contributed by atoms with van der Waals surface area (Å²) in [5, 5.41) is 4.33. The molecule has 9 nitrogen and oxygen atoms in total. The monoisotopic (exact) mass is 710 g/mol. The van der Waals surface area contributed by atoms with Crippen molar-refractivity contribution in [3.63, 3.8) is 0 Å². The number of sulfonamides is 1. The maximum atomic E-state index is 13.4. The average molecular weight is 711 g/mol. The van der Waals surface area contributed by atoms with Crippen molar-refractivity contribution in [1.82, 2.24) is 9.80 Å². The minimum Gasteiger partial charge on any atom is -0.491 e. The number of ether oxygens (including phenoxy) is 2. The normalized spacial score (nSPS) is 16.6. The first-order chi connectivity index (χ1) is 22.7. The lowest BCUT2D eigenvalue weighted by Gasteiger charge is -2.42. The van der Waals surface area contributed by atoms with Gasteiger partial charge in [0, 0.05) is 59.2 Å². The van der Waals surface area contributed by atoms with Crippen molar-refractivity contribution in [2.45, 2.75) is 51.8 Å². The second-order valence-corrected chi connectivity index (χ2v) is 16.8. The van der Waals surface area contributed by atoms with Crippen LogP contribution in [0, 0.1) is 0 Å². The second kappa shape index (κ2) is 14.0. The van der Waals surface area contributed by atoms with Crippen LogP contribution in [0.4, 0.5) is 11.4 Å². The van der Waals surface area contributed by atoms with E-state index in [0.29, 0.717) is 27.3 Å². The molecule has 0 saturated carbocycles. The minimum absolute atomic E-state index is 0.0360. The smallest absolute Gasteiger partial charge is 0.265 e. The maximum Gasteiger partial charge on any atom is 0.265 e. The lowest BCUT2D eigenvalue weighted by molar-refractivity contribution is -0.0774. The molecule has 6 rings (SSSR count). The van der Waals surface area contributed by atoms with Crippen LogP contribution in [0.25, 0.3) is 10.1 Å². The number of halogens is 1. The third kappa shape index (κ3) is 8.33. The van der Waals surface area contributed by atoms with Gasteiger partial charge in [-0.15, -0.1) is 11.3 Å². The van der Waals surface area contributed by atoms with Gasteiger partial charge in [-0.25, -0.2) is 8.42 Å². The van der Waals surface area contributed by atoms with Crippen molar-refractivity contribution in [3.05, 3.63) is 87.3 Å². The number of nitrogens with one attached hydrogen (secondary N) is 2. The molecule has 2 aliphatic rings. The van der Waals surface area contributed by atoms with E-state index >= 15 is 0 Å². The van der Waals surface area contributed by atoms with E-state index in [1.807, 2.05) is 26.0 Å². The largest absolute Gasteiger partial charge is 0.491 e. The van der Waals surface area contributed by atoms with E-state index in [2.05, 4.69) is 51.9 Å². The number of carbonyl (C=O) groups is 1. The van der Waals surface area contributed by atoms with Gasteiger partial charge in [0.05, 0.1) is 36.5 Å². The molecular formula is C36H43ClN4O5S2. The number of hydrogen-bond acceptors (Lipinski definition) is 8. The Kier molecular flexibility index (Phi) is 10.1. The predicted molar refractivity (Wildman–Crippen MR) is 195 cm³/mol. The van der Waals surface area contributed by atoms with E-state index in [1.54, 1.807) is 30.3 Å². The standard InChI is InChI=1S/C36H43ClN4O5S2/c1-23(2)46-32-13-24(20-40-8-10-41(11-9-40)31-21-45-22-31)12-26(18-32)36(3,4)27-16-28(37)19-30(17-27)38-35(42)34-15-25-14-29(39-48(5,43)44)6-7-33(25)47-34/h6-7,12-19,23,31,39H,8-11,20-22H2,1-5H3,(H,38,42). The van der Waals surface area contributed by atoms with Gasteiger partial charge >= 0.3 is 0 Å². The van der Waals surface area contributed by atoms with Crippen molar-refractivity contribution in [2.24, 2.45) is 0 Å². The molecule has 2 fully saturated rings. The summed E-state index contributed by atoms with van der Waals surface area (Å²) in [5.41, 5.74) is 3.85. The summed E-state index contributed by atoms with van der Waals surface area (Å²) in [6, 6.07) is 19.8. The Labute approximate surface area is 292 Å². The number of rotatable bonds is 11. The Morgan fingerprint density at radius 1 is 1.00 bits per heavy atom. The Morgan fingerprint density at radius 3 is 2.40 bits per heavy atom. The number of amides is 1. The molecule has 3 aromatic carbocycles. The average Bonchev–Trinajstić information content (AvgIpc) is 3.39. The van der Waals surface area contributed by atoms with Gasteiger partial charge in [0.25, 0.3) is 5.91 Å². The van der Waals surface area contributed by atoms with Crippen LogP contribution < -0.4 is 14.8 Å². The Balaban J connectivity index is 1.22. The van der Waals surface area contributed by atoms with E-state index in [-0.39, 0.29) is 12.0 Å². The highest BCUT2D eigenvalue weighted by molar-refractivity contribution is 7.92. The van der Waals surface area contributed by atoms with Crippen LogP contribution in [0.3, 0.4) is 0 Å². The second-order valence-electron chi connectivity index (χ2n) is 13.6. The molecule has 2 aliphatic heterocycles. The fourth-order valence-electron chi connectivity index (χ4n) is 6.25. The van der Waals surface area contributed by atoms with Crippen LogP contribution in [0.15, 0.2) is 60.7 Å². The van der Waals surface area contributed by atoms with E-state index in [0.717, 1.165) is 79.2 Å². The first-order valence-electron chi connectivity index (χ1n) is 16.2. The SMILES string of the molecule is CC(C)Oc1cc(CN2CCN(C3COC3)CC2)cc(C(C)(C)c2cc(Cl)cc(NC(=O)c3cc4cc(NS(C)(=O)=O)ccc4s3)c2)c1. The van der Waals surface area contributed by atoms with Crippen molar-refractivity contribution in [1.29, 1.82) is 0 Å². The molecule has 1 amide bonds. The lowest BCUT2D eigenvalue weighted by Crippen LogP contribution is -2.56. The van der Waals surface area contributed by atoms with Gasteiger partial charge < -0.3 is 14.8 Å². The molecule has 0 spiro atoms. The number of thiophene rings is 1. The molecule has 1 aromatic heterocycles. The quantitative estimate of drug-likeness (QED) is 0.177. The van der Waals surface area contributed by atoms with Crippen LogP contribution in [-0.4, -0.2) is 81.9 Å². The van der Waals surface area contributed by atoms with Crippen LogP contribution in [0.2, 0.25) is 5.02 Å². The van der Waals surface area contributed by atoms with Crippen molar-refractivity contribution in [2.75, 3.05) is 55.7 Å². The molecule has 0 bridgehead atoms. The third-order valence-electron chi connectivity index (χ3n) is 8.93. The first kappa shape index (κ1) is 34.7. The minimum atomic E-state index is -3.41. The third-order valence-corrected chi connectivity index (χ3v) is 10.9. The fraction of sp³-hybridized carbons (Fsp3) is 0.417. The molecule has 256 valence electrons. The van der Waals surface area contributed by atoms with Gasteiger partial charge in [0.15, 0.2) is 0 Å². The van der Waals surface area contributed by atoms with Crippen LogP contribution in [-0.2, 0) is 26.7 Å². The van der Waals surface area contributed by atoms with Gasteiger partial charge in [-0.2, -0.15) is 0 Å². The highest BCUT2D eigenvalue weighted by Crippen LogP contribution is 2.38. The molecule has 48 heavy (non-hydrogen) atoms. The summed E-state index contributed by atoms with van der Waals surface area (Å²) >= 11 is 8.01. The summed E-state index contributed by atoms with van der Waals surface area (Å²) in [5.74, 6) is 0.574. The number of hydrogen-bond donors (Lipinski definition) is 2. The molecule has 12 heteroatoms. The van der Waals surface area contributed by atoms with E-state index in [9.17, 15) is 13.2 Å². The Hall–Kier alpha value is -3.19. The Morgan fingerprint density at radius 2 is 1.73 bits per heavy atom. The summed E-state index contributed by atoms with van der Waals surface area (Å²) in [6.45, 7) is 15.1. The zero-order valence-electron chi connectivity index (χ0n) is 28.0. The van der Waals surface area contributed by atoms with Crippen LogP contribution in [0.5, 0.6) is 5.75 Å². The molecule has 2 N–H and O–H groups in total. The molecule has 2 saturated heterocycles. The van der Waals surface area contributed by atoms with Crippen LogP contribution >= 0.6 is 22.9 Å². The lowest BCUT2D eigenvalue weighted by atomic mass is 9.77. The first-order valence-corrected chi connectivity index (χ1v) is 19.3.